The monoisotopic (exact) mass is 205 g/mol. The van der Waals surface area contributed by atoms with Gasteiger partial charge in [-0.25, -0.2) is 0 Å². The Balaban J connectivity index is 1.95. The summed E-state index contributed by atoms with van der Waals surface area (Å²) in [5.41, 5.74) is 1.37. The molecule has 1 aliphatic heterocycles. The maximum absolute atomic E-state index is 4.11. The minimum absolute atomic E-state index is 0.248. The van der Waals surface area contributed by atoms with Crippen LogP contribution < -0.4 is 10.6 Å². The Kier molecular flexibility index (Phi) is 2.91. The van der Waals surface area contributed by atoms with Crippen LogP contribution >= 0.6 is 0 Å². The van der Waals surface area contributed by atoms with E-state index in [0.717, 1.165) is 18.7 Å². The van der Waals surface area contributed by atoms with Gasteiger partial charge in [0.25, 0.3) is 0 Å². The maximum Gasteiger partial charge on any atom is 0.0528 e. The van der Waals surface area contributed by atoms with Gasteiger partial charge < -0.3 is 10.6 Å². The Morgan fingerprint density at radius 3 is 3.07 bits per heavy atom. The van der Waals surface area contributed by atoms with Crippen molar-refractivity contribution in [3.05, 3.63) is 24.5 Å². The number of piperidine rings is 1. The summed E-state index contributed by atoms with van der Waals surface area (Å²) in [7, 11) is 0. The highest BCUT2D eigenvalue weighted by molar-refractivity contribution is 5.41. The van der Waals surface area contributed by atoms with Crippen molar-refractivity contribution < 1.29 is 0 Å². The molecular weight excluding hydrogens is 186 g/mol. The molecule has 0 aromatic carbocycles. The molecule has 1 saturated heterocycles. The first-order chi connectivity index (χ1) is 7.16. The second-order valence-electron chi connectivity index (χ2n) is 4.89. The largest absolute Gasteiger partial charge is 0.381 e. The standard InChI is InChI=1S/C12H19N3/c1-12(2)8-10(5-7-14-12)15-11-4-3-6-13-9-11/h3-4,6,9-10,14-15H,5,7-8H2,1-2H3. The summed E-state index contributed by atoms with van der Waals surface area (Å²) in [5, 5.41) is 7.05. The summed E-state index contributed by atoms with van der Waals surface area (Å²) in [5.74, 6) is 0. The molecule has 2 N–H and O–H groups in total. The van der Waals surface area contributed by atoms with Gasteiger partial charge in [0.2, 0.25) is 0 Å². The van der Waals surface area contributed by atoms with Crippen molar-refractivity contribution in [2.45, 2.75) is 38.3 Å². The zero-order valence-electron chi connectivity index (χ0n) is 9.46. The number of aromatic nitrogens is 1. The van der Waals surface area contributed by atoms with Gasteiger partial charge in [-0.2, -0.15) is 0 Å². The summed E-state index contributed by atoms with van der Waals surface area (Å²) in [4.78, 5) is 4.11. The SMILES string of the molecule is CC1(C)CC(Nc2cccnc2)CCN1. The van der Waals surface area contributed by atoms with Crippen LogP contribution in [0.15, 0.2) is 24.5 Å². The van der Waals surface area contributed by atoms with Gasteiger partial charge in [-0.3, -0.25) is 4.98 Å². The van der Waals surface area contributed by atoms with Crippen LogP contribution in [0.5, 0.6) is 0 Å². The molecular formula is C12H19N3. The van der Waals surface area contributed by atoms with Crippen molar-refractivity contribution in [2.75, 3.05) is 11.9 Å². The van der Waals surface area contributed by atoms with Gasteiger partial charge >= 0.3 is 0 Å². The van der Waals surface area contributed by atoms with Gasteiger partial charge in [0, 0.05) is 24.0 Å². The van der Waals surface area contributed by atoms with Crippen molar-refractivity contribution in [3.63, 3.8) is 0 Å². The average molecular weight is 205 g/mol. The molecule has 1 fully saturated rings. The average Bonchev–Trinajstić information content (AvgIpc) is 2.17. The Bertz CT molecular complexity index is 308. The van der Waals surface area contributed by atoms with Crippen LogP contribution in [0, 0.1) is 0 Å². The molecule has 0 aliphatic carbocycles. The van der Waals surface area contributed by atoms with Crippen molar-refractivity contribution >= 4 is 5.69 Å². The minimum atomic E-state index is 0.248. The molecule has 2 heterocycles. The van der Waals surface area contributed by atoms with Gasteiger partial charge in [-0.1, -0.05) is 0 Å². The van der Waals surface area contributed by atoms with Gasteiger partial charge in [-0.05, 0) is 45.4 Å². The summed E-state index contributed by atoms with van der Waals surface area (Å²) in [6.45, 7) is 5.60. The Hall–Kier alpha value is -1.09. The summed E-state index contributed by atoms with van der Waals surface area (Å²) >= 11 is 0. The number of nitrogens with one attached hydrogen (secondary N) is 2. The number of rotatable bonds is 2. The molecule has 1 aromatic heterocycles. The molecule has 3 nitrogen and oxygen atoms in total. The molecule has 0 spiro atoms. The van der Waals surface area contributed by atoms with E-state index in [2.05, 4.69) is 35.5 Å². The van der Waals surface area contributed by atoms with Crippen LogP contribution in [0.4, 0.5) is 5.69 Å². The number of hydrogen-bond acceptors (Lipinski definition) is 3. The highest BCUT2D eigenvalue weighted by Gasteiger charge is 2.26. The number of hydrogen-bond donors (Lipinski definition) is 2. The van der Waals surface area contributed by atoms with Gasteiger partial charge in [0.1, 0.15) is 0 Å². The number of anilines is 1. The lowest BCUT2D eigenvalue weighted by molar-refractivity contribution is 0.286. The molecule has 0 amide bonds. The first kappa shape index (κ1) is 10.4. The minimum Gasteiger partial charge on any atom is -0.381 e. The van der Waals surface area contributed by atoms with Gasteiger partial charge in [-0.15, -0.1) is 0 Å². The molecule has 0 bridgehead atoms. The fourth-order valence-electron chi connectivity index (χ4n) is 2.18. The maximum atomic E-state index is 4.11. The van der Waals surface area contributed by atoms with E-state index in [1.54, 1.807) is 6.20 Å². The third kappa shape index (κ3) is 2.93. The Labute approximate surface area is 91.3 Å². The molecule has 1 unspecified atom stereocenters. The first-order valence-corrected chi connectivity index (χ1v) is 5.57. The second kappa shape index (κ2) is 4.19. The van der Waals surface area contributed by atoms with Crippen molar-refractivity contribution in [3.8, 4) is 0 Å². The zero-order valence-corrected chi connectivity index (χ0v) is 9.46. The molecule has 0 saturated carbocycles. The normalized spacial score (nSPS) is 24.8. The quantitative estimate of drug-likeness (QED) is 0.775. The van der Waals surface area contributed by atoms with Crippen LogP contribution in [-0.2, 0) is 0 Å². The van der Waals surface area contributed by atoms with E-state index in [0.29, 0.717) is 6.04 Å². The van der Waals surface area contributed by atoms with E-state index in [1.165, 1.54) is 6.42 Å². The van der Waals surface area contributed by atoms with Crippen molar-refractivity contribution in [2.24, 2.45) is 0 Å². The van der Waals surface area contributed by atoms with E-state index in [-0.39, 0.29) is 5.54 Å². The van der Waals surface area contributed by atoms with E-state index in [9.17, 15) is 0 Å². The lowest BCUT2D eigenvalue weighted by atomic mass is 9.89. The molecule has 15 heavy (non-hydrogen) atoms. The number of nitrogens with zero attached hydrogens (tertiary/aromatic N) is 1. The fraction of sp³-hybridized carbons (Fsp3) is 0.583. The molecule has 2 rings (SSSR count). The van der Waals surface area contributed by atoms with Crippen molar-refractivity contribution in [1.82, 2.24) is 10.3 Å². The topological polar surface area (TPSA) is 37.0 Å². The Morgan fingerprint density at radius 2 is 2.40 bits per heavy atom. The molecule has 3 heteroatoms. The summed E-state index contributed by atoms with van der Waals surface area (Å²) in [6.07, 6.45) is 6.02. The van der Waals surface area contributed by atoms with Crippen LogP contribution in [0.25, 0.3) is 0 Å². The van der Waals surface area contributed by atoms with Crippen LogP contribution in [0.3, 0.4) is 0 Å². The van der Waals surface area contributed by atoms with Crippen LogP contribution in [-0.4, -0.2) is 23.1 Å². The van der Waals surface area contributed by atoms with E-state index in [4.69, 9.17) is 0 Å². The van der Waals surface area contributed by atoms with E-state index in [1.807, 2.05) is 12.3 Å². The molecule has 82 valence electrons. The smallest absolute Gasteiger partial charge is 0.0528 e. The lowest BCUT2D eigenvalue weighted by Crippen LogP contribution is -2.50. The predicted octanol–water partition coefficient (Wildman–Crippen LogP) is 2.02. The highest BCUT2D eigenvalue weighted by atomic mass is 15.0. The second-order valence-corrected chi connectivity index (χ2v) is 4.89. The van der Waals surface area contributed by atoms with Crippen molar-refractivity contribution in [1.29, 1.82) is 0 Å². The summed E-state index contributed by atoms with van der Waals surface area (Å²) in [6, 6.07) is 4.60. The van der Waals surface area contributed by atoms with Crippen LogP contribution in [0.1, 0.15) is 26.7 Å². The fourth-order valence-corrected chi connectivity index (χ4v) is 2.18. The Morgan fingerprint density at radius 1 is 1.53 bits per heavy atom. The molecule has 1 atom stereocenters. The third-order valence-corrected chi connectivity index (χ3v) is 2.89. The molecule has 1 aromatic rings. The van der Waals surface area contributed by atoms with Gasteiger partial charge in [0.15, 0.2) is 0 Å². The van der Waals surface area contributed by atoms with E-state index >= 15 is 0 Å². The molecule has 1 aliphatic rings. The third-order valence-electron chi connectivity index (χ3n) is 2.89. The zero-order chi connectivity index (χ0) is 10.7. The summed E-state index contributed by atoms with van der Waals surface area (Å²) < 4.78 is 0. The number of pyridine rings is 1. The van der Waals surface area contributed by atoms with Crippen LogP contribution in [0.2, 0.25) is 0 Å². The predicted molar refractivity (Wildman–Crippen MR) is 63.0 cm³/mol. The lowest BCUT2D eigenvalue weighted by Gasteiger charge is -2.37. The molecule has 0 radical (unpaired) electrons. The van der Waals surface area contributed by atoms with E-state index < -0.39 is 0 Å². The first-order valence-electron chi connectivity index (χ1n) is 5.57. The van der Waals surface area contributed by atoms with Gasteiger partial charge in [0.05, 0.1) is 5.69 Å². The highest BCUT2D eigenvalue weighted by Crippen LogP contribution is 2.21.